The molecule has 0 saturated carbocycles. The van der Waals surface area contributed by atoms with E-state index in [4.69, 9.17) is 0 Å². The topological polar surface area (TPSA) is 29.4 Å². The van der Waals surface area contributed by atoms with Crippen molar-refractivity contribution in [1.29, 1.82) is 0 Å². The van der Waals surface area contributed by atoms with Crippen LogP contribution in [0, 0.1) is 0 Å². The molecule has 0 rings (SSSR count). The Morgan fingerprint density at radius 2 is 2.00 bits per heavy atom. The van der Waals surface area contributed by atoms with E-state index in [1.54, 1.807) is 0 Å². The minimum atomic E-state index is -4.14. The number of hydrogen-bond donors (Lipinski definition) is 0. The number of hydrogen-bond acceptors (Lipinski definition) is 2. The van der Waals surface area contributed by atoms with Gasteiger partial charge in [0.25, 0.3) is 0 Å². The lowest BCUT2D eigenvalue weighted by Crippen LogP contribution is -2.06. The molecule has 0 spiro atoms. The lowest BCUT2D eigenvalue weighted by atomic mass is 10.3. The van der Waals surface area contributed by atoms with Crippen molar-refractivity contribution in [3.63, 3.8) is 0 Å². The molecule has 58 valence electrons. The fourth-order valence-corrected chi connectivity index (χ4v) is 0.404. The van der Waals surface area contributed by atoms with Gasteiger partial charge in [0.1, 0.15) is 0 Å². The molecular formula is C5H6F3NO. The lowest BCUT2D eigenvalue weighted by Gasteiger charge is -2.01. The van der Waals surface area contributed by atoms with Crippen molar-refractivity contribution in [3.8, 4) is 0 Å². The number of alkyl halides is 3. The van der Waals surface area contributed by atoms with Crippen molar-refractivity contribution in [1.82, 2.24) is 0 Å². The normalized spacial score (nSPS) is 10.7. The smallest absolute Gasteiger partial charge is 0.211 e. The third kappa shape index (κ3) is 7.17. The molecule has 0 aromatic heterocycles. The van der Waals surface area contributed by atoms with Gasteiger partial charge in [-0.1, -0.05) is 0 Å². The molecule has 0 fully saturated rings. The lowest BCUT2D eigenvalue weighted by molar-refractivity contribution is -0.134. The van der Waals surface area contributed by atoms with Crippen molar-refractivity contribution < 1.29 is 18.0 Å². The Kier molecular flexibility index (Phi) is 3.72. The van der Waals surface area contributed by atoms with Crippen molar-refractivity contribution >= 4 is 6.08 Å². The first-order valence-electron chi connectivity index (χ1n) is 2.66. The van der Waals surface area contributed by atoms with E-state index in [1.807, 2.05) is 0 Å². The quantitative estimate of drug-likeness (QED) is 0.344. The molecule has 0 bridgehead atoms. The van der Waals surface area contributed by atoms with Crippen LogP contribution < -0.4 is 0 Å². The van der Waals surface area contributed by atoms with E-state index in [-0.39, 0.29) is 13.0 Å². The van der Waals surface area contributed by atoms with Crippen molar-refractivity contribution in [2.24, 2.45) is 4.99 Å². The number of rotatable bonds is 3. The van der Waals surface area contributed by atoms with E-state index < -0.39 is 12.6 Å². The molecule has 0 N–H and O–H groups in total. The zero-order chi connectivity index (χ0) is 8.04. The maximum Gasteiger partial charge on any atom is 0.389 e. The number of halogens is 3. The predicted octanol–water partition coefficient (Wildman–Crippen LogP) is 1.66. The maximum atomic E-state index is 11.3. The van der Waals surface area contributed by atoms with Gasteiger partial charge in [-0.15, -0.1) is 0 Å². The van der Waals surface area contributed by atoms with E-state index in [9.17, 15) is 18.0 Å². The molecule has 0 aliphatic rings. The van der Waals surface area contributed by atoms with Gasteiger partial charge in [-0.3, -0.25) is 0 Å². The maximum absolute atomic E-state index is 11.3. The molecule has 5 heteroatoms. The largest absolute Gasteiger partial charge is 0.389 e. The second-order valence-electron chi connectivity index (χ2n) is 1.69. The first kappa shape index (κ1) is 9.17. The molecule has 0 aromatic rings. The van der Waals surface area contributed by atoms with Gasteiger partial charge >= 0.3 is 6.18 Å². The molecule has 0 atom stereocenters. The van der Waals surface area contributed by atoms with Crippen LogP contribution in [0.25, 0.3) is 0 Å². The zero-order valence-corrected chi connectivity index (χ0v) is 5.11. The van der Waals surface area contributed by atoms with E-state index in [1.165, 1.54) is 0 Å². The van der Waals surface area contributed by atoms with Crippen LogP contribution in [0.1, 0.15) is 12.8 Å². The van der Waals surface area contributed by atoms with E-state index in [2.05, 4.69) is 4.99 Å². The van der Waals surface area contributed by atoms with E-state index >= 15 is 0 Å². The SMILES string of the molecule is O=C=NCCCC(F)(F)F. The third-order valence-electron chi connectivity index (χ3n) is 0.795. The Balaban J connectivity index is 3.28. The summed E-state index contributed by atoms with van der Waals surface area (Å²) in [4.78, 5) is 12.3. The van der Waals surface area contributed by atoms with Crippen LogP contribution in [0.2, 0.25) is 0 Å². The summed E-state index contributed by atoms with van der Waals surface area (Å²) in [7, 11) is 0. The van der Waals surface area contributed by atoms with Gasteiger partial charge in [0.15, 0.2) is 0 Å². The Labute approximate surface area is 55.8 Å². The van der Waals surface area contributed by atoms with Gasteiger partial charge in [-0.05, 0) is 6.42 Å². The minimum Gasteiger partial charge on any atom is -0.211 e. The average molecular weight is 153 g/mol. The molecule has 0 amide bonds. The Morgan fingerprint density at radius 3 is 2.40 bits per heavy atom. The number of isocyanates is 1. The second-order valence-corrected chi connectivity index (χ2v) is 1.69. The Bertz CT molecular complexity index is 136. The molecule has 0 aliphatic heterocycles. The van der Waals surface area contributed by atoms with Gasteiger partial charge in [0, 0.05) is 6.42 Å². The van der Waals surface area contributed by atoms with Crippen LogP contribution in [0.4, 0.5) is 13.2 Å². The average Bonchev–Trinajstić information content (AvgIpc) is 1.78. The first-order chi connectivity index (χ1) is 4.56. The molecule has 10 heavy (non-hydrogen) atoms. The summed E-state index contributed by atoms with van der Waals surface area (Å²) in [5.74, 6) is 0. The molecule has 2 nitrogen and oxygen atoms in total. The van der Waals surface area contributed by atoms with E-state index in [0.29, 0.717) is 0 Å². The summed E-state index contributed by atoms with van der Waals surface area (Å²) in [5.41, 5.74) is 0. The van der Waals surface area contributed by atoms with Crippen LogP contribution >= 0.6 is 0 Å². The van der Waals surface area contributed by atoms with Crippen molar-refractivity contribution in [2.45, 2.75) is 19.0 Å². The van der Waals surface area contributed by atoms with E-state index in [0.717, 1.165) is 6.08 Å². The standard InChI is InChI=1S/C5H6F3NO/c6-5(7,8)2-1-3-9-4-10/h1-3H2. The predicted molar refractivity (Wildman–Crippen MR) is 28.3 cm³/mol. The van der Waals surface area contributed by atoms with Crippen molar-refractivity contribution in [2.75, 3.05) is 6.54 Å². The highest BCUT2D eigenvalue weighted by atomic mass is 19.4. The summed E-state index contributed by atoms with van der Waals surface area (Å²) in [5, 5.41) is 0. The highest BCUT2D eigenvalue weighted by molar-refractivity contribution is 5.32. The Morgan fingerprint density at radius 1 is 1.40 bits per heavy atom. The van der Waals surface area contributed by atoms with Crippen molar-refractivity contribution in [3.05, 3.63) is 0 Å². The van der Waals surface area contributed by atoms with Crippen LogP contribution in [-0.2, 0) is 4.79 Å². The number of nitrogens with zero attached hydrogens (tertiary/aromatic N) is 1. The van der Waals surface area contributed by atoms with Gasteiger partial charge in [-0.2, -0.15) is 13.2 Å². The first-order valence-corrected chi connectivity index (χ1v) is 2.66. The molecular weight excluding hydrogens is 147 g/mol. The summed E-state index contributed by atoms with van der Waals surface area (Å²) >= 11 is 0. The molecule has 0 heterocycles. The summed E-state index contributed by atoms with van der Waals surface area (Å²) < 4.78 is 34.0. The molecule has 0 saturated heterocycles. The van der Waals surface area contributed by atoms with Crippen LogP contribution in [-0.4, -0.2) is 18.8 Å². The van der Waals surface area contributed by atoms with Gasteiger partial charge in [0.2, 0.25) is 6.08 Å². The molecule has 0 aromatic carbocycles. The van der Waals surface area contributed by atoms with Crippen LogP contribution in [0.5, 0.6) is 0 Å². The van der Waals surface area contributed by atoms with Crippen LogP contribution in [0.3, 0.4) is 0 Å². The fraction of sp³-hybridized carbons (Fsp3) is 0.800. The van der Waals surface area contributed by atoms with Gasteiger partial charge < -0.3 is 0 Å². The third-order valence-corrected chi connectivity index (χ3v) is 0.795. The highest BCUT2D eigenvalue weighted by Crippen LogP contribution is 2.20. The molecule has 0 radical (unpaired) electrons. The number of carbonyl (C=O) groups excluding carboxylic acids is 1. The Hall–Kier alpha value is -0.830. The fourth-order valence-electron chi connectivity index (χ4n) is 0.404. The van der Waals surface area contributed by atoms with Crippen LogP contribution in [0.15, 0.2) is 4.99 Å². The zero-order valence-electron chi connectivity index (χ0n) is 5.11. The minimum absolute atomic E-state index is 0.0942. The second kappa shape index (κ2) is 4.06. The molecule has 0 unspecified atom stereocenters. The summed E-state index contributed by atoms with van der Waals surface area (Å²) in [6.45, 7) is -0.0942. The summed E-state index contributed by atoms with van der Waals surface area (Å²) in [6.07, 6.45) is -4.01. The molecule has 0 aliphatic carbocycles. The monoisotopic (exact) mass is 153 g/mol. The number of aliphatic imine (C=N–C) groups is 1. The van der Waals surface area contributed by atoms with Gasteiger partial charge in [-0.25, -0.2) is 9.79 Å². The summed E-state index contributed by atoms with van der Waals surface area (Å²) in [6, 6.07) is 0. The van der Waals surface area contributed by atoms with Gasteiger partial charge in [0.05, 0.1) is 6.54 Å². The highest BCUT2D eigenvalue weighted by Gasteiger charge is 2.25.